The van der Waals surface area contributed by atoms with Gasteiger partial charge in [-0.05, 0) is 41.1 Å². The Hall–Kier alpha value is -0.880. The third kappa shape index (κ3) is 3.32. The number of nitrogens with one attached hydrogen (secondary N) is 1. The highest BCUT2D eigenvalue weighted by atomic mass is 127. The van der Waals surface area contributed by atoms with E-state index in [0.717, 1.165) is 30.1 Å². The van der Waals surface area contributed by atoms with Gasteiger partial charge in [-0.2, -0.15) is 0 Å². The number of hydrogen-bond acceptors (Lipinski definition) is 3. The fraction of sp³-hybridized carbons (Fsp3) is 0.357. The van der Waals surface area contributed by atoms with E-state index in [1.165, 1.54) is 9.96 Å². The van der Waals surface area contributed by atoms with Gasteiger partial charge in [-0.1, -0.05) is 32.0 Å². The Morgan fingerprint density at radius 1 is 1.33 bits per heavy atom. The van der Waals surface area contributed by atoms with Crippen LogP contribution in [-0.4, -0.2) is 11.5 Å². The molecule has 0 saturated heterocycles. The molecule has 0 fully saturated rings. The second kappa shape index (κ2) is 6.33. The lowest BCUT2D eigenvalue weighted by atomic mass is 10.1. The molecule has 96 valence electrons. The van der Waals surface area contributed by atoms with Crippen LogP contribution in [0.2, 0.25) is 0 Å². The summed E-state index contributed by atoms with van der Waals surface area (Å²) >= 11 is 2.32. The first-order valence-corrected chi connectivity index (χ1v) is 7.14. The second-order valence-corrected chi connectivity index (χ2v) is 5.79. The summed E-state index contributed by atoms with van der Waals surface area (Å²) in [6.07, 6.45) is 1.52. The predicted molar refractivity (Wildman–Crippen MR) is 81.2 cm³/mol. The number of halogens is 1. The first-order chi connectivity index (χ1) is 8.68. The fourth-order valence-corrected chi connectivity index (χ4v) is 2.37. The van der Waals surface area contributed by atoms with Crippen LogP contribution in [0.1, 0.15) is 19.5 Å². The Morgan fingerprint density at radius 3 is 2.83 bits per heavy atom. The summed E-state index contributed by atoms with van der Waals surface area (Å²) in [6.45, 7) is 6.11. The van der Waals surface area contributed by atoms with Crippen molar-refractivity contribution in [3.05, 3.63) is 39.9 Å². The maximum Gasteiger partial charge on any atom is 0.181 e. The third-order valence-corrected chi connectivity index (χ3v) is 3.55. The molecule has 0 atom stereocenters. The molecule has 1 heterocycles. The molecule has 1 N–H and O–H groups in total. The molecule has 2 aromatic rings. The van der Waals surface area contributed by atoms with Gasteiger partial charge in [0.15, 0.2) is 12.2 Å². The van der Waals surface area contributed by atoms with Crippen molar-refractivity contribution in [3.63, 3.8) is 0 Å². The second-order valence-electron chi connectivity index (χ2n) is 4.63. The molecule has 0 saturated carbocycles. The molecular formula is C14H17IN2O. The molecule has 1 aromatic heterocycles. The van der Waals surface area contributed by atoms with Crippen molar-refractivity contribution in [3.8, 4) is 11.3 Å². The van der Waals surface area contributed by atoms with E-state index in [-0.39, 0.29) is 0 Å². The summed E-state index contributed by atoms with van der Waals surface area (Å²) < 4.78 is 6.71. The summed E-state index contributed by atoms with van der Waals surface area (Å²) in [5.41, 5.74) is 2.08. The molecule has 0 aliphatic heterocycles. The van der Waals surface area contributed by atoms with Crippen LogP contribution in [0.3, 0.4) is 0 Å². The van der Waals surface area contributed by atoms with Crippen molar-refractivity contribution in [2.24, 2.45) is 5.92 Å². The van der Waals surface area contributed by atoms with Crippen molar-refractivity contribution >= 4 is 22.6 Å². The maximum absolute atomic E-state index is 5.53. The van der Waals surface area contributed by atoms with Crippen molar-refractivity contribution in [2.75, 3.05) is 6.54 Å². The van der Waals surface area contributed by atoms with Gasteiger partial charge < -0.3 is 9.73 Å². The monoisotopic (exact) mass is 356 g/mol. The zero-order valence-electron chi connectivity index (χ0n) is 10.6. The summed E-state index contributed by atoms with van der Waals surface area (Å²) in [6, 6.07) is 8.18. The third-order valence-electron chi connectivity index (χ3n) is 2.60. The molecule has 0 spiro atoms. The highest BCUT2D eigenvalue weighted by molar-refractivity contribution is 14.1. The Balaban J connectivity index is 2.15. The highest BCUT2D eigenvalue weighted by Crippen LogP contribution is 2.27. The minimum atomic E-state index is 0.636. The molecule has 18 heavy (non-hydrogen) atoms. The molecule has 2 rings (SSSR count). The van der Waals surface area contributed by atoms with Crippen LogP contribution >= 0.6 is 22.6 Å². The van der Waals surface area contributed by atoms with Gasteiger partial charge in [0.25, 0.3) is 0 Å². The zero-order valence-corrected chi connectivity index (χ0v) is 12.8. The molecule has 0 aliphatic carbocycles. The molecular weight excluding hydrogens is 339 g/mol. The van der Waals surface area contributed by atoms with E-state index in [9.17, 15) is 0 Å². The van der Waals surface area contributed by atoms with Crippen LogP contribution in [0.15, 0.2) is 35.1 Å². The molecule has 0 bridgehead atoms. The first kappa shape index (κ1) is 13.5. The van der Waals surface area contributed by atoms with Crippen molar-refractivity contribution < 1.29 is 4.42 Å². The molecule has 3 nitrogen and oxygen atoms in total. The van der Waals surface area contributed by atoms with Gasteiger partial charge in [0.05, 0.1) is 0 Å². The molecule has 4 heteroatoms. The average Bonchev–Trinajstić information content (AvgIpc) is 2.77. The lowest BCUT2D eigenvalue weighted by molar-refractivity contribution is 0.545. The van der Waals surface area contributed by atoms with Gasteiger partial charge in [0.2, 0.25) is 0 Å². The van der Waals surface area contributed by atoms with Gasteiger partial charge in [-0.15, -0.1) is 0 Å². The summed E-state index contributed by atoms with van der Waals surface area (Å²) in [7, 11) is 0. The van der Waals surface area contributed by atoms with Gasteiger partial charge in [0, 0.05) is 15.7 Å². The standard InChI is InChI=1S/C14H17IN2O/c1-10(2)7-16-8-13-14(18-9-17-13)11-5-3-4-6-12(11)15/h3-6,9-10,16H,7-8H2,1-2H3. The number of rotatable bonds is 5. The summed E-state index contributed by atoms with van der Waals surface area (Å²) in [5, 5.41) is 3.39. The van der Waals surface area contributed by atoms with Crippen LogP contribution < -0.4 is 5.32 Å². The summed E-state index contributed by atoms with van der Waals surface area (Å²) in [5.74, 6) is 1.51. The Kier molecular flexibility index (Phi) is 4.77. The minimum absolute atomic E-state index is 0.636. The fourth-order valence-electron chi connectivity index (χ4n) is 1.74. The van der Waals surface area contributed by atoms with Crippen molar-refractivity contribution in [1.82, 2.24) is 10.3 Å². The van der Waals surface area contributed by atoms with Crippen molar-refractivity contribution in [1.29, 1.82) is 0 Å². The van der Waals surface area contributed by atoms with Gasteiger partial charge in [-0.25, -0.2) is 4.98 Å². The molecule has 0 unspecified atom stereocenters. The number of nitrogens with zero attached hydrogens (tertiary/aromatic N) is 1. The number of benzene rings is 1. The Morgan fingerprint density at radius 2 is 2.11 bits per heavy atom. The van der Waals surface area contributed by atoms with E-state index in [2.05, 4.69) is 58.9 Å². The molecule has 0 radical (unpaired) electrons. The molecule has 0 amide bonds. The van der Waals surface area contributed by atoms with E-state index < -0.39 is 0 Å². The number of aromatic nitrogens is 1. The zero-order chi connectivity index (χ0) is 13.0. The topological polar surface area (TPSA) is 38.1 Å². The number of oxazole rings is 1. The lowest BCUT2D eigenvalue weighted by Crippen LogP contribution is -2.19. The van der Waals surface area contributed by atoms with E-state index in [1.807, 2.05) is 12.1 Å². The first-order valence-electron chi connectivity index (χ1n) is 6.06. The van der Waals surface area contributed by atoms with Crippen molar-refractivity contribution in [2.45, 2.75) is 20.4 Å². The smallest absolute Gasteiger partial charge is 0.181 e. The largest absolute Gasteiger partial charge is 0.443 e. The lowest BCUT2D eigenvalue weighted by Gasteiger charge is -2.07. The van der Waals surface area contributed by atoms with Crippen LogP contribution in [0.5, 0.6) is 0 Å². The predicted octanol–water partition coefficient (Wildman–Crippen LogP) is 3.69. The minimum Gasteiger partial charge on any atom is -0.443 e. The van der Waals surface area contributed by atoms with E-state index in [0.29, 0.717) is 5.92 Å². The average molecular weight is 356 g/mol. The number of hydrogen-bond donors (Lipinski definition) is 1. The molecule has 0 aliphatic rings. The Bertz CT molecular complexity index is 508. The van der Waals surface area contributed by atoms with Gasteiger partial charge in [-0.3, -0.25) is 0 Å². The van der Waals surface area contributed by atoms with Gasteiger partial charge >= 0.3 is 0 Å². The van der Waals surface area contributed by atoms with Gasteiger partial charge in [0.1, 0.15) is 5.69 Å². The quantitative estimate of drug-likeness (QED) is 0.831. The van der Waals surface area contributed by atoms with E-state index in [4.69, 9.17) is 4.42 Å². The highest BCUT2D eigenvalue weighted by Gasteiger charge is 2.12. The molecule has 1 aromatic carbocycles. The summed E-state index contributed by atoms with van der Waals surface area (Å²) in [4.78, 5) is 4.30. The van der Waals surface area contributed by atoms with Crippen LogP contribution in [0.25, 0.3) is 11.3 Å². The Labute approximate surface area is 121 Å². The van der Waals surface area contributed by atoms with Crippen LogP contribution in [0, 0.1) is 9.49 Å². The normalized spacial score (nSPS) is 11.1. The van der Waals surface area contributed by atoms with Crippen LogP contribution in [0.4, 0.5) is 0 Å². The van der Waals surface area contributed by atoms with E-state index >= 15 is 0 Å². The SMILES string of the molecule is CC(C)CNCc1ncoc1-c1ccccc1I. The maximum atomic E-state index is 5.53. The van der Waals surface area contributed by atoms with Crippen LogP contribution in [-0.2, 0) is 6.54 Å². The van der Waals surface area contributed by atoms with E-state index in [1.54, 1.807) is 0 Å².